The first-order valence-electron chi connectivity index (χ1n) is 7.51. The molecule has 2 N–H and O–H groups in total. The molecule has 1 unspecified atom stereocenters. The van der Waals surface area contributed by atoms with Crippen LogP contribution in [0, 0.1) is 11.3 Å². The van der Waals surface area contributed by atoms with E-state index in [4.69, 9.17) is 5.73 Å². The van der Waals surface area contributed by atoms with Crippen molar-refractivity contribution in [1.82, 2.24) is 4.90 Å². The molecule has 0 saturated carbocycles. The molecule has 0 spiro atoms. The molecule has 1 rings (SSSR count). The minimum Gasteiger partial charge on any atom is -0.329 e. The van der Waals surface area contributed by atoms with Crippen molar-refractivity contribution in [3.63, 3.8) is 0 Å². The summed E-state index contributed by atoms with van der Waals surface area (Å²) in [4.78, 5) is 2.64. The molecule has 2 nitrogen and oxygen atoms in total. The Balaban J connectivity index is 2.49. The predicted octanol–water partition coefficient (Wildman–Crippen LogP) is 3.26. The van der Waals surface area contributed by atoms with E-state index >= 15 is 0 Å². The maximum atomic E-state index is 5.94. The van der Waals surface area contributed by atoms with Crippen molar-refractivity contribution in [2.45, 2.75) is 65.8 Å². The van der Waals surface area contributed by atoms with E-state index in [-0.39, 0.29) is 0 Å². The summed E-state index contributed by atoms with van der Waals surface area (Å²) < 4.78 is 0. The summed E-state index contributed by atoms with van der Waals surface area (Å²) in [6, 6.07) is 0.613. The van der Waals surface area contributed by atoms with Crippen LogP contribution in [0.3, 0.4) is 0 Å². The van der Waals surface area contributed by atoms with Gasteiger partial charge in [-0.1, -0.05) is 40.5 Å². The van der Waals surface area contributed by atoms with Crippen LogP contribution in [0.1, 0.15) is 59.8 Å². The summed E-state index contributed by atoms with van der Waals surface area (Å²) in [5, 5.41) is 0. The van der Waals surface area contributed by atoms with Gasteiger partial charge in [0, 0.05) is 12.6 Å². The fraction of sp³-hybridized carbons (Fsp3) is 1.00. The van der Waals surface area contributed by atoms with Gasteiger partial charge in [0.1, 0.15) is 0 Å². The largest absolute Gasteiger partial charge is 0.329 e. The molecule has 0 amide bonds. The minimum atomic E-state index is 0.613. The molecule has 1 heterocycles. The third kappa shape index (κ3) is 3.96. The Bertz CT molecular complexity index is 199. The normalized spacial score (nSPS) is 22.9. The van der Waals surface area contributed by atoms with Crippen LogP contribution in [-0.4, -0.2) is 30.6 Å². The summed E-state index contributed by atoms with van der Waals surface area (Å²) in [7, 11) is 0. The molecule has 0 aromatic heterocycles. The second-order valence-electron chi connectivity index (χ2n) is 6.26. The number of hydrogen-bond donors (Lipinski definition) is 1. The molecule has 17 heavy (non-hydrogen) atoms. The van der Waals surface area contributed by atoms with Crippen molar-refractivity contribution in [3.05, 3.63) is 0 Å². The van der Waals surface area contributed by atoms with Gasteiger partial charge in [-0.3, -0.25) is 4.90 Å². The number of nitrogens with zero attached hydrogens (tertiary/aromatic N) is 1. The van der Waals surface area contributed by atoms with Gasteiger partial charge < -0.3 is 5.73 Å². The maximum absolute atomic E-state index is 5.94. The lowest BCUT2D eigenvalue weighted by molar-refractivity contribution is 0.0616. The molecule has 0 radical (unpaired) electrons. The van der Waals surface area contributed by atoms with Crippen LogP contribution in [0.25, 0.3) is 0 Å². The molecule has 0 aliphatic carbocycles. The minimum absolute atomic E-state index is 0.613. The SMILES string of the molecule is CCC1(CC)CCN(C(CN)CC(C)C)CC1. The molecule has 102 valence electrons. The van der Waals surface area contributed by atoms with Crippen molar-refractivity contribution in [1.29, 1.82) is 0 Å². The Hall–Kier alpha value is -0.0800. The fourth-order valence-corrected chi connectivity index (χ4v) is 3.26. The van der Waals surface area contributed by atoms with Gasteiger partial charge in [0.25, 0.3) is 0 Å². The third-order valence-electron chi connectivity index (χ3n) is 4.89. The van der Waals surface area contributed by atoms with Gasteiger partial charge in [-0.25, -0.2) is 0 Å². The van der Waals surface area contributed by atoms with Gasteiger partial charge >= 0.3 is 0 Å². The maximum Gasteiger partial charge on any atom is 0.0220 e. The zero-order valence-electron chi connectivity index (χ0n) is 12.3. The van der Waals surface area contributed by atoms with E-state index < -0.39 is 0 Å². The average Bonchev–Trinajstić information content (AvgIpc) is 2.36. The highest BCUT2D eigenvalue weighted by Crippen LogP contribution is 2.38. The Labute approximate surface area is 108 Å². The van der Waals surface area contributed by atoms with Gasteiger partial charge in [0.15, 0.2) is 0 Å². The lowest BCUT2D eigenvalue weighted by atomic mass is 9.74. The first kappa shape index (κ1) is 15.0. The summed E-state index contributed by atoms with van der Waals surface area (Å²) in [5.74, 6) is 0.757. The topological polar surface area (TPSA) is 29.3 Å². The Morgan fingerprint density at radius 1 is 1.12 bits per heavy atom. The molecule has 2 heteroatoms. The second kappa shape index (κ2) is 6.75. The second-order valence-corrected chi connectivity index (χ2v) is 6.26. The lowest BCUT2D eigenvalue weighted by Crippen LogP contribution is -2.48. The molecule has 1 aliphatic rings. The zero-order valence-corrected chi connectivity index (χ0v) is 12.3. The van der Waals surface area contributed by atoms with E-state index in [1.165, 1.54) is 45.2 Å². The van der Waals surface area contributed by atoms with Crippen molar-refractivity contribution < 1.29 is 0 Å². The van der Waals surface area contributed by atoms with Crippen LogP contribution in [-0.2, 0) is 0 Å². The zero-order chi connectivity index (χ0) is 12.9. The highest BCUT2D eigenvalue weighted by Gasteiger charge is 2.33. The molecule has 0 aromatic carbocycles. The van der Waals surface area contributed by atoms with Crippen LogP contribution in [0.15, 0.2) is 0 Å². The van der Waals surface area contributed by atoms with Crippen LogP contribution in [0.4, 0.5) is 0 Å². The molecule has 1 fully saturated rings. The van der Waals surface area contributed by atoms with Gasteiger partial charge in [-0.2, -0.15) is 0 Å². The molecule has 0 bridgehead atoms. The van der Waals surface area contributed by atoms with E-state index in [0.717, 1.165) is 12.5 Å². The van der Waals surface area contributed by atoms with Gasteiger partial charge in [0.05, 0.1) is 0 Å². The molecule has 1 aliphatic heterocycles. The van der Waals surface area contributed by atoms with Crippen molar-refractivity contribution in [3.8, 4) is 0 Å². The van der Waals surface area contributed by atoms with E-state index in [9.17, 15) is 0 Å². The van der Waals surface area contributed by atoms with Gasteiger partial charge in [-0.15, -0.1) is 0 Å². The van der Waals surface area contributed by atoms with Crippen LogP contribution >= 0.6 is 0 Å². The van der Waals surface area contributed by atoms with E-state index in [0.29, 0.717) is 11.5 Å². The molecular formula is C15H32N2. The van der Waals surface area contributed by atoms with Crippen LogP contribution < -0.4 is 5.73 Å². The number of likely N-dealkylation sites (tertiary alicyclic amines) is 1. The highest BCUT2D eigenvalue weighted by molar-refractivity contribution is 4.87. The highest BCUT2D eigenvalue weighted by atomic mass is 15.2. The molecule has 1 saturated heterocycles. The van der Waals surface area contributed by atoms with Crippen molar-refractivity contribution >= 4 is 0 Å². The van der Waals surface area contributed by atoms with Crippen molar-refractivity contribution in [2.24, 2.45) is 17.1 Å². The standard InChI is InChI=1S/C15H32N2/c1-5-15(6-2)7-9-17(10-8-15)14(12-16)11-13(3)4/h13-14H,5-12,16H2,1-4H3. The summed E-state index contributed by atoms with van der Waals surface area (Å²) in [5.41, 5.74) is 6.58. The number of rotatable bonds is 6. The smallest absolute Gasteiger partial charge is 0.0220 e. The summed E-state index contributed by atoms with van der Waals surface area (Å²) in [6.45, 7) is 12.7. The number of hydrogen-bond acceptors (Lipinski definition) is 2. The average molecular weight is 240 g/mol. The van der Waals surface area contributed by atoms with E-state index in [1.54, 1.807) is 0 Å². The Morgan fingerprint density at radius 2 is 1.65 bits per heavy atom. The summed E-state index contributed by atoms with van der Waals surface area (Å²) in [6.07, 6.45) is 6.68. The molecular weight excluding hydrogens is 208 g/mol. The first-order valence-corrected chi connectivity index (χ1v) is 7.51. The summed E-state index contributed by atoms with van der Waals surface area (Å²) >= 11 is 0. The molecule has 0 aromatic rings. The predicted molar refractivity (Wildman–Crippen MR) is 76.1 cm³/mol. The monoisotopic (exact) mass is 240 g/mol. The molecule has 1 atom stereocenters. The van der Waals surface area contributed by atoms with E-state index in [1.807, 2.05) is 0 Å². The van der Waals surface area contributed by atoms with Crippen LogP contribution in [0.2, 0.25) is 0 Å². The van der Waals surface area contributed by atoms with Crippen LogP contribution in [0.5, 0.6) is 0 Å². The van der Waals surface area contributed by atoms with Gasteiger partial charge in [-0.05, 0) is 43.7 Å². The Kier molecular flexibility index (Phi) is 5.94. The van der Waals surface area contributed by atoms with Crippen molar-refractivity contribution in [2.75, 3.05) is 19.6 Å². The lowest BCUT2D eigenvalue weighted by Gasteiger charge is -2.44. The fourth-order valence-electron chi connectivity index (χ4n) is 3.26. The first-order chi connectivity index (χ1) is 8.06. The Morgan fingerprint density at radius 3 is 2.00 bits per heavy atom. The van der Waals surface area contributed by atoms with E-state index in [2.05, 4.69) is 32.6 Å². The third-order valence-corrected chi connectivity index (χ3v) is 4.89. The number of nitrogens with two attached hydrogens (primary N) is 1. The van der Waals surface area contributed by atoms with Gasteiger partial charge in [0.2, 0.25) is 0 Å². The quantitative estimate of drug-likeness (QED) is 0.772. The number of piperidine rings is 1.